The van der Waals surface area contributed by atoms with Crippen LogP contribution < -0.4 is 5.32 Å². The third-order valence-electron chi connectivity index (χ3n) is 4.04. The quantitative estimate of drug-likeness (QED) is 0.545. The Balaban J connectivity index is 1.85. The summed E-state index contributed by atoms with van der Waals surface area (Å²) in [5.41, 5.74) is 0.873. The van der Waals surface area contributed by atoms with Gasteiger partial charge in [-0.25, -0.2) is 0 Å². The third kappa shape index (κ3) is 4.92. The molecular formula is C20H18F3N3O3. The van der Waals surface area contributed by atoms with Crippen LogP contribution in [0.2, 0.25) is 0 Å². The van der Waals surface area contributed by atoms with Gasteiger partial charge in [-0.3, -0.25) is 4.79 Å². The SMILES string of the molecule is CCC(OC(C)=O)c1nnc(-c2ccccc2Nc2ccc(C(F)(F)F)cc2)o1. The van der Waals surface area contributed by atoms with E-state index >= 15 is 0 Å². The Hall–Kier alpha value is -3.36. The zero-order chi connectivity index (χ0) is 21.0. The van der Waals surface area contributed by atoms with Gasteiger partial charge in [0.1, 0.15) is 0 Å². The Morgan fingerprint density at radius 2 is 1.83 bits per heavy atom. The number of aromatic nitrogens is 2. The van der Waals surface area contributed by atoms with Gasteiger partial charge in [-0.2, -0.15) is 13.2 Å². The van der Waals surface area contributed by atoms with Crippen molar-refractivity contribution in [3.8, 4) is 11.5 Å². The number of ether oxygens (including phenoxy) is 1. The normalized spacial score (nSPS) is 12.4. The lowest BCUT2D eigenvalue weighted by molar-refractivity contribution is -0.148. The summed E-state index contributed by atoms with van der Waals surface area (Å²) in [6, 6.07) is 11.7. The number of alkyl halides is 3. The first-order valence-corrected chi connectivity index (χ1v) is 8.82. The van der Waals surface area contributed by atoms with Gasteiger partial charge in [0.25, 0.3) is 5.89 Å². The van der Waals surface area contributed by atoms with Crippen LogP contribution in [0.1, 0.15) is 37.8 Å². The lowest BCUT2D eigenvalue weighted by Gasteiger charge is -2.12. The summed E-state index contributed by atoms with van der Waals surface area (Å²) < 4.78 is 49.0. The van der Waals surface area contributed by atoms with E-state index in [0.717, 1.165) is 12.1 Å². The first-order valence-electron chi connectivity index (χ1n) is 8.82. The average molecular weight is 405 g/mol. The minimum atomic E-state index is -4.39. The molecule has 3 rings (SSSR count). The molecule has 0 spiro atoms. The zero-order valence-corrected chi connectivity index (χ0v) is 15.7. The molecule has 1 atom stereocenters. The molecule has 0 aliphatic carbocycles. The zero-order valence-electron chi connectivity index (χ0n) is 15.7. The number of carbonyl (C=O) groups excluding carboxylic acids is 1. The standard InChI is InChI=1S/C20H18F3N3O3/c1-3-17(28-12(2)27)19-26-25-18(29-19)15-6-4-5-7-16(15)24-14-10-8-13(9-11-14)20(21,22)23/h4-11,17,24H,3H2,1-2H3. The van der Waals surface area contributed by atoms with E-state index in [1.54, 1.807) is 24.3 Å². The molecule has 9 heteroatoms. The molecular weight excluding hydrogens is 387 g/mol. The summed E-state index contributed by atoms with van der Waals surface area (Å²) in [6.45, 7) is 3.11. The van der Waals surface area contributed by atoms with Crippen molar-refractivity contribution in [1.82, 2.24) is 10.2 Å². The first kappa shape index (κ1) is 20.4. The van der Waals surface area contributed by atoms with Gasteiger partial charge in [-0.1, -0.05) is 19.1 Å². The van der Waals surface area contributed by atoms with Gasteiger partial charge in [-0.15, -0.1) is 10.2 Å². The number of benzene rings is 2. The molecule has 29 heavy (non-hydrogen) atoms. The minimum absolute atomic E-state index is 0.169. The maximum atomic E-state index is 12.7. The van der Waals surface area contributed by atoms with Crippen molar-refractivity contribution in [1.29, 1.82) is 0 Å². The molecule has 6 nitrogen and oxygen atoms in total. The van der Waals surface area contributed by atoms with E-state index in [4.69, 9.17) is 9.15 Å². The topological polar surface area (TPSA) is 77.2 Å². The summed E-state index contributed by atoms with van der Waals surface area (Å²) in [5, 5.41) is 11.0. The van der Waals surface area contributed by atoms with Gasteiger partial charge >= 0.3 is 12.1 Å². The fraction of sp³-hybridized carbons (Fsp3) is 0.250. The monoisotopic (exact) mass is 405 g/mol. The molecule has 1 N–H and O–H groups in total. The van der Waals surface area contributed by atoms with Crippen LogP contribution in [0.25, 0.3) is 11.5 Å². The molecule has 3 aromatic rings. The molecule has 0 radical (unpaired) electrons. The molecule has 0 amide bonds. The second-order valence-corrected chi connectivity index (χ2v) is 6.20. The Morgan fingerprint density at radius 3 is 2.45 bits per heavy atom. The number of anilines is 2. The van der Waals surface area contributed by atoms with Crippen LogP contribution in [0.4, 0.5) is 24.5 Å². The Labute approximate surface area is 164 Å². The number of halogens is 3. The maximum absolute atomic E-state index is 12.7. The molecule has 1 unspecified atom stereocenters. The van der Waals surface area contributed by atoms with Gasteiger partial charge in [0.2, 0.25) is 5.89 Å². The van der Waals surface area contributed by atoms with Gasteiger partial charge in [-0.05, 0) is 42.8 Å². The van der Waals surface area contributed by atoms with Crippen LogP contribution in [0.3, 0.4) is 0 Å². The lowest BCUT2D eigenvalue weighted by atomic mass is 10.1. The molecule has 152 valence electrons. The number of rotatable bonds is 6. The average Bonchev–Trinajstić information content (AvgIpc) is 3.16. The van der Waals surface area contributed by atoms with Crippen molar-refractivity contribution in [2.45, 2.75) is 32.5 Å². The van der Waals surface area contributed by atoms with Crippen molar-refractivity contribution < 1.29 is 27.1 Å². The highest BCUT2D eigenvalue weighted by atomic mass is 19.4. The smallest absolute Gasteiger partial charge is 0.416 e. The number of nitrogens with one attached hydrogen (secondary N) is 1. The number of hydrogen-bond acceptors (Lipinski definition) is 6. The van der Waals surface area contributed by atoms with E-state index in [0.29, 0.717) is 23.4 Å². The molecule has 1 aromatic heterocycles. The van der Waals surface area contributed by atoms with E-state index in [1.807, 2.05) is 6.92 Å². The lowest BCUT2D eigenvalue weighted by Crippen LogP contribution is -2.07. The Morgan fingerprint density at radius 1 is 1.14 bits per heavy atom. The van der Waals surface area contributed by atoms with Gasteiger partial charge in [0.15, 0.2) is 6.10 Å². The van der Waals surface area contributed by atoms with Gasteiger partial charge < -0.3 is 14.5 Å². The summed E-state index contributed by atoms with van der Waals surface area (Å²) in [6.07, 6.45) is -4.58. The minimum Gasteiger partial charge on any atom is -0.452 e. The maximum Gasteiger partial charge on any atom is 0.416 e. The number of para-hydroxylation sites is 1. The second-order valence-electron chi connectivity index (χ2n) is 6.20. The second kappa shape index (κ2) is 8.34. The largest absolute Gasteiger partial charge is 0.452 e. The van der Waals surface area contributed by atoms with Crippen LogP contribution in [0.15, 0.2) is 52.9 Å². The van der Waals surface area contributed by atoms with Crippen LogP contribution in [0, 0.1) is 0 Å². The highest BCUT2D eigenvalue weighted by Gasteiger charge is 2.30. The summed E-state index contributed by atoms with van der Waals surface area (Å²) in [7, 11) is 0. The number of carbonyl (C=O) groups is 1. The highest BCUT2D eigenvalue weighted by Crippen LogP contribution is 2.33. The van der Waals surface area contributed by atoms with Crippen molar-refractivity contribution in [2.24, 2.45) is 0 Å². The van der Waals surface area contributed by atoms with Crippen LogP contribution in [-0.2, 0) is 15.7 Å². The first-order chi connectivity index (χ1) is 13.8. The molecule has 0 saturated heterocycles. The molecule has 0 aliphatic heterocycles. The van der Waals surface area contributed by atoms with Gasteiger partial charge in [0.05, 0.1) is 16.8 Å². The molecule has 0 aliphatic rings. The third-order valence-corrected chi connectivity index (χ3v) is 4.04. The van der Waals surface area contributed by atoms with E-state index in [2.05, 4.69) is 15.5 Å². The Bertz CT molecular complexity index is 984. The molecule has 2 aromatic carbocycles. The summed E-state index contributed by atoms with van der Waals surface area (Å²) in [4.78, 5) is 11.2. The van der Waals surface area contributed by atoms with Crippen molar-refractivity contribution in [2.75, 3.05) is 5.32 Å². The highest BCUT2D eigenvalue weighted by molar-refractivity contribution is 5.76. The number of nitrogens with zero attached hydrogens (tertiary/aromatic N) is 2. The predicted octanol–water partition coefficient (Wildman–Crippen LogP) is 5.51. The van der Waals surface area contributed by atoms with Crippen LogP contribution in [-0.4, -0.2) is 16.2 Å². The number of esters is 1. The van der Waals surface area contributed by atoms with E-state index in [-0.39, 0.29) is 11.8 Å². The molecule has 0 bridgehead atoms. The fourth-order valence-electron chi connectivity index (χ4n) is 2.66. The van der Waals surface area contributed by atoms with Crippen molar-refractivity contribution in [3.05, 3.63) is 60.0 Å². The fourth-order valence-corrected chi connectivity index (χ4v) is 2.66. The summed E-state index contributed by atoms with van der Waals surface area (Å²) in [5.74, 6) is -0.0939. The molecule has 0 saturated carbocycles. The van der Waals surface area contributed by atoms with Crippen LogP contribution in [0.5, 0.6) is 0 Å². The number of hydrogen-bond donors (Lipinski definition) is 1. The molecule has 0 fully saturated rings. The van der Waals surface area contributed by atoms with E-state index in [1.165, 1.54) is 19.1 Å². The van der Waals surface area contributed by atoms with Gasteiger partial charge in [0, 0.05) is 12.6 Å². The van der Waals surface area contributed by atoms with E-state index < -0.39 is 23.8 Å². The van der Waals surface area contributed by atoms with Crippen molar-refractivity contribution in [3.63, 3.8) is 0 Å². The van der Waals surface area contributed by atoms with Crippen molar-refractivity contribution >= 4 is 17.3 Å². The summed E-state index contributed by atoms with van der Waals surface area (Å²) >= 11 is 0. The predicted molar refractivity (Wildman–Crippen MR) is 99.3 cm³/mol. The Kier molecular flexibility index (Phi) is 5.86. The van der Waals surface area contributed by atoms with Crippen LogP contribution >= 0.6 is 0 Å². The molecule has 1 heterocycles. The van der Waals surface area contributed by atoms with E-state index in [9.17, 15) is 18.0 Å².